The molecule has 6 radical (unpaired) electrons. The van der Waals surface area contributed by atoms with Crippen molar-refractivity contribution in [1.82, 2.24) is 15.2 Å². The first-order valence-electron chi connectivity index (χ1n) is 16.0. The number of amides is 1. The Balaban J connectivity index is 1.57. The zero-order chi connectivity index (χ0) is 33.9. The Morgan fingerprint density at radius 1 is 0.979 bits per heavy atom. The van der Waals surface area contributed by atoms with E-state index in [1.165, 1.54) is 4.90 Å². The molecule has 2 aliphatic heterocycles. The van der Waals surface area contributed by atoms with Gasteiger partial charge in [-0.3, -0.25) is 14.5 Å². The van der Waals surface area contributed by atoms with Crippen molar-refractivity contribution in [2.75, 3.05) is 44.4 Å². The standard InChI is InChI=1S/C34H41B3N4O6/c1-21-16-22(2)39-32(43)29(21)19-38-31(42)28-17-26(25-6-4-24(5-7-25)20-40-10-14-47-15-11-40)18-30(23(28)3)41(27-8-12-46-13-9-27)34(37,45)33(35,36)44/h4-7,16-18,27,44-45H,8-15,19-20H2,1-3H3,(H,38,42)(H,39,43). The fourth-order valence-electron chi connectivity index (χ4n) is 6.33. The minimum atomic E-state index is -2.72. The Kier molecular flexibility index (Phi) is 10.7. The number of nitrogens with zero attached hydrogens (tertiary/aromatic N) is 2. The highest BCUT2D eigenvalue weighted by atomic mass is 16.5. The van der Waals surface area contributed by atoms with E-state index in [0.29, 0.717) is 67.2 Å². The number of nitrogens with one attached hydrogen (secondary N) is 2. The van der Waals surface area contributed by atoms with E-state index in [1.54, 1.807) is 19.9 Å². The molecule has 1 aromatic heterocycles. The van der Waals surface area contributed by atoms with Crippen LogP contribution in [-0.2, 0) is 22.6 Å². The second-order valence-electron chi connectivity index (χ2n) is 12.6. The van der Waals surface area contributed by atoms with E-state index >= 15 is 0 Å². The molecule has 2 fully saturated rings. The Labute approximate surface area is 280 Å². The van der Waals surface area contributed by atoms with Crippen LogP contribution in [0.15, 0.2) is 47.3 Å². The third kappa shape index (κ3) is 7.87. The van der Waals surface area contributed by atoms with Crippen molar-refractivity contribution in [3.05, 3.63) is 86.3 Å². The van der Waals surface area contributed by atoms with Crippen LogP contribution in [0.3, 0.4) is 0 Å². The lowest BCUT2D eigenvalue weighted by Gasteiger charge is -2.52. The van der Waals surface area contributed by atoms with Crippen LogP contribution < -0.4 is 15.8 Å². The van der Waals surface area contributed by atoms with E-state index in [1.807, 2.05) is 43.3 Å². The van der Waals surface area contributed by atoms with Gasteiger partial charge in [-0.25, -0.2) is 0 Å². The molecule has 0 aliphatic carbocycles. The van der Waals surface area contributed by atoms with E-state index < -0.39 is 23.0 Å². The summed E-state index contributed by atoms with van der Waals surface area (Å²) in [7, 11) is 18.1. The predicted molar refractivity (Wildman–Crippen MR) is 184 cm³/mol. The quantitative estimate of drug-likeness (QED) is 0.196. The minimum Gasteiger partial charge on any atom is -0.405 e. The lowest BCUT2D eigenvalue weighted by atomic mass is 9.52. The van der Waals surface area contributed by atoms with Crippen molar-refractivity contribution >= 4 is 35.1 Å². The summed E-state index contributed by atoms with van der Waals surface area (Å²) in [6.07, 6.45) is 0.930. The van der Waals surface area contributed by atoms with Gasteiger partial charge in [-0.05, 0) is 79.6 Å². The average Bonchev–Trinajstić information content (AvgIpc) is 3.02. The van der Waals surface area contributed by atoms with E-state index in [2.05, 4.69) is 15.2 Å². The van der Waals surface area contributed by atoms with Gasteiger partial charge in [0, 0.05) is 73.3 Å². The molecule has 2 aromatic carbocycles. The average molecular weight is 634 g/mol. The smallest absolute Gasteiger partial charge is 0.253 e. The summed E-state index contributed by atoms with van der Waals surface area (Å²) in [5.41, 5.74) is 2.82. The molecule has 1 unspecified atom stereocenters. The number of H-pyrrole nitrogens is 1. The molecular formula is C34H41B3N4O6. The maximum atomic E-state index is 13.9. The topological polar surface area (TPSA) is 127 Å². The number of benzene rings is 2. The fourth-order valence-corrected chi connectivity index (χ4v) is 6.33. The van der Waals surface area contributed by atoms with E-state index in [-0.39, 0.29) is 12.1 Å². The van der Waals surface area contributed by atoms with Gasteiger partial charge in [-0.15, -0.1) is 0 Å². The van der Waals surface area contributed by atoms with Gasteiger partial charge in [0.1, 0.15) is 29.2 Å². The first-order valence-corrected chi connectivity index (χ1v) is 16.0. The monoisotopic (exact) mass is 634 g/mol. The van der Waals surface area contributed by atoms with Gasteiger partial charge in [0.2, 0.25) is 0 Å². The Bertz CT molecular complexity index is 1630. The zero-order valence-electron chi connectivity index (χ0n) is 27.3. The molecule has 4 N–H and O–H groups in total. The van der Waals surface area contributed by atoms with E-state index in [4.69, 9.17) is 33.0 Å². The maximum absolute atomic E-state index is 13.9. The first kappa shape index (κ1) is 35.0. The number of aromatic amines is 1. The van der Waals surface area contributed by atoms with Crippen LogP contribution in [0.1, 0.15) is 51.1 Å². The van der Waals surface area contributed by atoms with Gasteiger partial charge in [0.05, 0.1) is 13.2 Å². The molecular weight excluding hydrogens is 593 g/mol. The number of aliphatic hydroxyl groups is 2. The molecule has 5 rings (SSSR count). The molecule has 0 saturated carbocycles. The minimum absolute atomic E-state index is 0.00533. The molecule has 2 saturated heterocycles. The van der Waals surface area contributed by atoms with Gasteiger partial charge >= 0.3 is 0 Å². The second kappa shape index (κ2) is 14.4. The van der Waals surface area contributed by atoms with E-state index in [9.17, 15) is 19.8 Å². The Morgan fingerprint density at radius 2 is 1.62 bits per heavy atom. The molecule has 0 bridgehead atoms. The van der Waals surface area contributed by atoms with Crippen LogP contribution in [0.2, 0.25) is 0 Å². The lowest BCUT2D eigenvalue weighted by Crippen LogP contribution is -2.69. The molecule has 47 heavy (non-hydrogen) atoms. The number of hydrogen-bond donors (Lipinski definition) is 4. The molecule has 10 nitrogen and oxygen atoms in total. The summed E-state index contributed by atoms with van der Waals surface area (Å²) in [6, 6.07) is 13.1. The lowest BCUT2D eigenvalue weighted by molar-refractivity contribution is -0.0128. The summed E-state index contributed by atoms with van der Waals surface area (Å²) in [4.78, 5) is 33.1. The van der Waals surface area contributed by atoms with Crippen molar-refractivity contribution in [2.24, 2.45) is 0 Å². The highest BCUT2D eigenvalue weighted by molar-refractivity contribution is 6.44. The summed E-state index contributed by atoms with van der Waals surface area (Å²) >= 11 is 0. The van der Waals surface area contributed by atoms with Gasteiger partial charge in [0.15, 0.2) is 0 Å². The summed E-state index contributed by atoms with van der Waals surface area (Å²) in [5, 5.41) is 22.4. The highest BCUT2D eigenvalue weighted by Gasteiger charge is 2.45. The largest absolute Gasteiger partial charge is 0.405 e. The predicted octanol–water partition coefficient (Wildman–Crippen LogP) is 1.51. The van der Waals surface area contributed by atoms with Crippen LogP contribution in [-0.4, -0.2) is 106 Å². The third-order valence-corrected chi connectivity index (χ3v) is 9.11. The highest BCUT2D eigenvalue weighted by Crippen LogP contribution is 2.38. The summed E-state index contributed by atoms with van der Waals surface area (Å²) in [6.45, 7) is 10.1. The zero-order valence-corrected chi connectivity index (χ0v) is 27.3. The number of rotatable bonds is 10. The maximum Gasteiger partial charge on any atom is 0.253 e. The number of carbonyl (C=O) groups is 1. The number of ether oxygens (including phenoxy) is 2. The first-order chi connectivity index (χ1) is 22.3. The second-order valence-corrected chi connectivity index (χ2v) is 12.6. The number of pyridine rings is 1. The Hall–Kier alpha value is -3.35. The number of aromatic nitrogens is 1. The SMILES string of the molecule is [B]C([B])(O)C([B])(O)N(c1cc(-c2ccc(CN3CCOCC3)cc2)cc(C(=O)NCc2c(C)cc(C)[nH]c2=O)c1C)C1CCOCC1. The van der Waals surface area contributed by atoms with Crippen LogP contribution >= 0.6 is 0 Å². The van der Waals surface area contributed by atoms with Crippen molar-refractivity contribution in [2.45, 2.75) is 63.8 Å². The van der Waals surface area contributed by atoms with Crippen LogP contribution in [0.4, 0.5) is 5.69 Å². The van der Waals surface area contributed by atoms with Crippen molar-refractivity contribution < 1.29 is 24.5 Å². The number of hydrogen-bond acceptors (Lipinski definition) is 8. The van der Waals surface area contributed by atoms with Crippen LogP contribution in [0, 0.1) is 20.8 Å². The number of aryl methyl sites for hydroxylation is 2. The summed E-state index contributed by atoms with van der Waals surface area (Å²) in [5.74, 6) is -0.433. The number of carbonyl (C=O) groups excluding carboxylic acids is 1. The third-order valence-electron chi connectivity index (χ3n) is 9.11. The summed E-state index contributed by atoms with van der Waals surface area (Å²) < 4.78 is 11.0. The van der Waals surface area contributed by atoms with Crippen LogP contribution in [0.25, 0.3) is 11.1 Å². The molecule has 0 spiro atoms. The molecule has 13 heteroatoms. The Morgan fingerprint density at radius 3 is 2.23 bits per heavy atom. The molecule has 3 aromatic rings. The van der Waals surface area contributed by atoms with Gasteiger partial charge < -0.3 is 34.9 Å². The molecule has 1 atom stereocenters. The normalized spacial score (nSPS) is 17.6. The van der Waals surface area contributed by atoms with Crippen molar-refractivity contribution in [3.63, 3.8) is 0 Å². The van der Waals surface area contributed by atoms with Crippen molar-refractivity contribution in [1.29, 1.82) is 0 Å². The van der Waals surface area contributed by atoms with E-state index in [0.717, 1.165) is 42.0 Å². The van der Waals surface area contributed by atoms with Crippen LogP contribution in [0.5, 0.6) is 0 Å². The van der Waals surface area contributed by atoms with Gasteiger partial charge in [-0.2, -0.15) is 0 Å². The molecule has 242 valence electrons. The molecule has 1 amide bonds. The molecule has 3 heterocycles. The van der Waals surface area contributed by atoms with Gasteiger partial charge in [0.25, 0.3) is 11.5 Å². The molecule has 2 aliphatic rings. The number of anilines is 1. The number of morpholine rings is 1. The fraction of sp³-hybridized carbons (Fsp3) is 0.471. The van der Waals surface area contributed by atoms with Crippen molar-refractivity contribution in [3.8, 4) is 11.1 Å². The van der Waals surface area contributed by atoms with Gasteiger partial charge in [-0.1, -0.05) is 24.3 Å².